The molecule has 2 rings (SSSR count). The summed E-state index contributed by atoms with van der Waals surface area (Å²) >= 11 is 1.07. The fourth-order valence-corrected chi connectivity index (χ4v) is 3.42. The third-order valence-corrected chi connectivity index (χ3v) is 4.76. The Balaban J connectivity index is 2.42. The molecule has 0 aliphatic heterocycles. The van der Waals surface area contributed by atoms with Gasteiger partial charge in [-0.15, -0.1) is 0 Å². The minimum absolute atomic E-state index is 0.0186. The molecule has 106 valence electrons. The standard InChI is InChI=1S/C13H11F2NO2S2/c1-20(17,18)12-4-2-3-11(13(12)16)19-8-5-6-9(14)10(15)7-8/h2-7H,16H2,1H3. The van der Waals surface area contributed by atoms with Crippen molar-refractivity contribution >= 4 is 27.3 Å². The van der Waals surface area contributed by atoms with Crippen molar-refractivity contribution in [1.82, 2.24) is 0 Å². The second kappa shape index (κ2) is 5.41. The molecule has 0 heterocycles. The van der Waals surface area contributed by atoms with E-state index in [1.165, 1.54) is 12.1 Å². The number of anilines is 1. The van der Waals surface area contributed by atoms with Crippen LogP contribution in [-0.4, -0.2) is 14.7 Å². The van der Waals surface area contributed by atoms with Crippen molar-refractivity contribution in [2.24, 2.45) is 0 Å². The topological polar surface area (TPSA) is 60.2 Å². The van der Waals surface area contributed by atoms with Gasteiger partial charge in [0.15, 0.2) is 21.5 Å². The second-order valence-corrected chi connectivity index (χ2v) is 7.22. The molecule has 0 saturated carbocycles. The molecule has 0 bridgehead atoms. The van der Waals surface area contributed by atoms with Gasteiger partial charge in [0.2, 0.25) is 0 Å². The van der Waals surface area contributed by atoms with E-state index in [1.807, 2.05) is 0 Å². The van der Waals surface area contributed by atoms with E-state index in [0.717, 1.165) is 30.2 Å². The SMILES string of the molecule is CS(=O)(=O)c1cccc(Sc2ccc(F)c(F)c2)c1N. The van der Waals surface area contributed by atoms with Gasteiger partial charge in [0.1, 0.15) is 0 Å². The molecule has 0 amide bonds. The van der Waals surface area contributed by atoms with Gasteiger partial charge in [-0.2, -0.15) is 0 Å². The molecule has 2 aromatic carbocycles. The molecular formula is C13H11F2NO2S2. The van der Waals surface area contributed by atoms with Crippen molar-refractivity contribution < 1.29 is 17.2 Å². The minimum Gasteiger partial charge on any atom is -0.397 e. The van der Waals surface area contributed by atoms with Crippen LogP contribution in [0.3, 0.4) is 0 Å². The van der Waals surface area contributed by atoms with Crippen LogP contribution in [0.1, 0.15) is 0 Å². The molecule has 2 N–H and O–H groups in total. The molecule has 3 nitrogen and oxygen atoms in total. The summed E-state index contributed by atoms with van der Waals surface area (Å²) in [6, 6.07) is 8.02. The van der Waals surface area contributed by atoms with E-state index in [4.69, 9.17) is 5.73 Å². The van der Waals surface area contributed by atoms with Gasteiger partial charge in [0.05, 0.1) is 10.6 Å². The summed E-state index contributed by atoms with van der Waals surface area (Å²) in [5, 5.41) is 0. The van der Waals surface area contributed by atoms with E-state index in [0.29, 0.717) is 9.79 Å². The molecule has 0 aliphatic rings. The van der Waals surface area contributed by atoms with Gasteiger partial charge in [-0.1, -0.05) is 17.8 Å². The minimum atomic E-state index is -3.44. The number of para-hydroxylation sites is 1. The van der Waals surface area contributed by atoms with Gasteiger partial charge in [0.25, 0.3) is 0 Å². The van der Waals surface area contributed by atoms with E-state index < -0.39 is 21.5 Å². The van der Waals surface area contributed by atoms with E-state index >= 15 is 0 Å². The monoisotopic (exact) mass is 315 g/mol. The lowest BCUT2D eigenvalue weighted by Crippen LogP contribution is -2.03. The second-order valence-electron chi connectivity index (χ2n) is 4.12. The maximum atomic E-state index is 13.1. The predicted molar refractivity (Wildman–Crippen MR) is 74.4 cm³/mol. The lowest BCUT2D eigenvalue weighted by Gasteiger charge is -2.09. The molecule has 20 heavy (non-hydrogen) atoms. The van der Waals surface area contributed by atoms with Gasteiger partial charge in [-0.05, 0) is 30.3 Å². The highest BCUT2D eigenvalue weighted by molar-refractivity contribution is 7.99. The Kier molecular flexibility index (Phi) is 4.01. The van der Waals surface area contributed by atoms with Crippen LogP contribution in [0.4, 0.5) is 14.5 Å². The van der Waals surface area contributed by atoms with Crippen LogP contribution in [-0.2, 0) is 9.84 Å². The van der Waals surface area contributed by atoms with Crippen LogP contribution in [0.25, 0.3) is 0 Å². The quantitative estimate of drug-likeness (QED) is 0.884. The summed E-state index contributed by atoms with van der Waals surface area (Å²) in [6.45, 7) is 0. The molecule has 0 aromatic heterocycles. The maximum absolute atomic E-state index is 13.1. The van der Waals surface area contributed by atoms with Gasteiger partial charge in [-0.25, -0.2) is 17.2 Å². The summed E-state index contributed by atoms with van der Waals surface area (Å²) in [4.78, 5) is 0.922. The largest absolute Gasteiger partial charge is 0.397 e. The average Bonchev–Trinajstić information content (AvgIpc) is 2.35. The van der Waals surface area contributed by atoms with Crippen molar-refractivity contribution in [3.8, 4) is 0 Å². The van der Waals surface area contributed by atoms with Crippen molar-refractivity contribution in [3.05, 3.63) is 48.0 Å². The fraction of sp³-hybridized carbons (Fsp3) is 0.0769. The highest BCUT2D eigenvalue weighted by Gasteiger charge is 2.15. The van der Waals surface area contributed by atoms with Crippen molar-refractivity contribution in [2.75, 3.05) is 12.0 Å². The Bertz CT molecular complexity index is 761. The van der Waals surface area contributed by atoms with E-state index in [2.05, 4.69) is 0 Å². The number of nitrogen functional groups attached to an aromatic ring is 1. The number of nitrogens with two attached hydrogens (primary N) is 1. The third-order valence-electron chi connectivity index (χ3n) is 2.54. The van der Waals surface area contributed by atoms with Crippen LogP contribution in [0.5, 0.6) is 0 Å². The van der Waals surface area contributed by atoms with E-state index in [-0.39, 0.29) is 10.6 Å². The summed E-state index contributed by atoms with van der Waals surface area (Å²) in [5.74, 6) is -1.90. The first-order valence-corrected chi connectivity index (χ1v) is 8.21. The predicted octanol–water partition coefficient (Wildman–Crippen LogP) is 3.10. The zero-order valence-corrected chi connectivity index (χ0v) is 12.1. The van der Waals surface area contributed by atoms with Gasteiger partial charge in [-0.3, -0.25) is 0 Å². The van der Waals surface area contributed by atoms with Crippen LogP contribution >= 0.6 is 11.8 Å². The number of halogens is 2. The number of rotatable bonds is 3. The van der Waals surface area contributed by atoms with Gasteiger partial charge in [0, 0.05) is 16.0 Å². The molecule has 0 atom stereocenters. The van der Waals surface area contributed by atoms with E-state index in [1.54, 1.807) is 12.1 Å². The Hall–Kier alpha value is -1.60. The van der Waals surface area contributed by atoms with Gasteiger partial charge < -0.3 is 5.73 Å². The molecule has 0 saturated heterocycles. The fourth-order valence-electron chi connectivity index (χ4n) is 1.60. The number of benzene rings is 2. The molecule has 0 unspecified atom stereocenters. The van der Waals surface area contributed by atoms with Crippen molar-refractivity contribution in [1.29, 1.82) is 0 Å². The normalized spacial score (nSPS) is 11.6. The molecule has 0 fully saturated rings. The zero-order valence-electron chi connectivity index (χ0n) is 10.4. The number of hydrogen-bond donors (Lipinski definition) is 1. The Morgan fingerprint density at radius 2 is 1.80 bits per heavy atom. The zero-order chi connectivity index (χ0) is 14.9. The van der Waals surface area contributed by atoms with Crippen molar-refractivity contribution in [3.63, 3.8) is 0 Å². The van der Waals surface area contributed by atoms with E-state index in [9.17, 15) is 17.2 Å². The van der Waals surface area contributed by atoms with Crippen molar-refractivity contribution in [2.45, 2.75) is 14.7 Å². The lowest BCUT2D eigenvalue weighted by atomic mass is 10.3. The first-order valence-electron chi connectivity index (χ1n) is 5.50. The molecule has 0 radical (unpaired) electrons. The molecule has 2 aromatic rings. The lowest BCUT2D eigenvalue weighted by molar-refractivity contribution is 0.506. The highest BCUT2D eigenvalue weighted by atomic mass is 32.2. The maximum Gasteiger partial charge on any atom is 0.177 e. The number of hydrogen-bond acceptors (Lipinski definition) is 4. The number of sulfone groups is 1. The van der Waals surface area contributed by atoms with Crippen LogP contribution in [0.2, 0.25) is 0 Å². The molecule has 7 heteroatoms. The highest BCUT2D eigenvalue weighted by Crippen LogP contribution is 2.35. The van der Waals surface area contributed by atoms with Crippen LogP contribution in [0, 0.1) is 11.6 Å². The molecular weight excluding hydrogens is 304 g/mol. The summed E-state index contributed by atoms with van der Waals surface area (Å²) in [5.41, 5.74) is 5.92. The summed E-state index contributed by atoms with van der Waals surface area (Å²) in [6.07, 6.45) is 1.06. The Labute approximate surface area is 119 Å². The average molecular weight is 315 g/mol. The smallest absolute Gasteiger partial charge is 0.177 e. The molecule has 0 spiro atoms. The Morgan fingerprint density at radius 1 is 1.10 bits per heavy atom. The van der Waals surface area contributed by atoms with Gasteiger partial charge >= 0.3 is 0 Å². The third kappa shape index (κ3) is 3.10. The van der Waals surface area contributed by atoms with Crippen LogP contribution in [0.15, 0.2) is 51.1 Å². The summed E-state index contributed by atoms with van der Waals surface area (Å²) < 4.78 is 49.1. The van der Waals surface area contributed by atoms with Crippen LogP contribution < -0.4 is 5.73 Å². The summed E-state index contributed by atoms with van der Waals surface area (Å²) in [7, 11) is -3.44. The first kappa shape index (κ1) is 14.8. The first-order chi connectivity index (χ1) is 9.29. The Morgan fingerprint density at radius 3 is 2.40 bits per heavy atom. The molecule has 0 aliphatic carbocycles.